The van der Waals surface area contributed by atoms with Gasteiger partial charge in [-0.05, 0) is 51.1 Å². The van der Waals surface area contributed by atoms with Crippen molar-refractivity contribution in [2.75, 3.05) is 13.1 Å². The molecule has 13 heavy (non-hydrogen) atoms. The Kier molecular flexibility index (Phi) is 5.59. The molecule has 0 radical (unpaired) electrons. The molecule has 1 aliphatic rings. The van der Waals surface area contributed by atoms with Crippen molar-refractivity contribution in [2.24, 2.45) is 5.92 Å². The summed E-state index contributed by atoms with van der Waals surface area (Å²) in [5.74, 6) is 0.883. The molecule has 0 spiro atoms. The summed E-state index contributed by atoms with van der Waals surface area (Å²) in [7, 11) is 0. The number of hydrogen-bond donors (Lipinski definition) is 1. The van der Waals surface area contributed by atoms with Gasteiger partial charge in [-0.25, -0.2) is 0 Å². The van der Waals surface area contributed by atoms with Crippen LogP contribution in [-0.2, 0) is 0 Å². The second-order valence-electron chi connectivity index (χ2n) is 3.79. The van der Waals surface area contributed by atoms with Crippen LogP contribution in [0.3, 0.4) is 0 Å². The fourth-order valence-corrected chi connectivity index (χ4v) is 1.72. The molecule has 1 atom stereocenters. The van der Waals surface area contributed by atoms with Crippen LogP contribution in [-0.4, -0.2) is 13.1 Å². The molecule has 1 heteroatoms. The molecule has 0 saturated heterocycles. The minimum absolute atomic E-state index is 0.883. The third-order valence-electron chi connectivity index (χ3n) is 2.57. The second kappa shape index (κ2) is 6.90. The molecule has 1 rings (SSSR count). The minimum atomic E-state index is 0.883. The molecular formula is C12H21N. The Morgan fingerprint density at radius 3 is 3.08 bits per heavy atom. The van der Waals surface area contributed by atoms with E-state index in [1.165, 1.54) is 32.2 Å². The molecule has 1 aliphatic carbocycles. The predicted molar refractivity (Wildman–Crippen MR) is 58.8 cm³/mol. The average molecular weight is 179 g/mol. The Bertz CT molecular complexity index is 161. The summed E-state index contributed by atoms with van der Waals surface area (Å²) in [6.45, 7) is 6.05. The zero-order valence-electron chi connectivity index (χ0n) is 8.47. The van der Waals surface area contributed by atoms with Crippen molar-refractivity contribution in [2.45, 2.75) is 32.1 Å². The van der Waals surface area contributed by atoms with Crippen molar-refractivity contribution in [1.29, 1.82) is 0 Å². The summed E-state index contributed by atoms with van der Waals surface area (Å²) < 4.78 is 0. The van der Waals surface area contributed by atoms with Crippen molar-refractivity contribution in [3.63, 3.8) is 0 Å². The lowest BCUT2D eigenvalue weighted by Crippen LogP contribution is -2.24. The summed E-state index contributed by atoms with van der Waals surface area (Å²) in [6, 6.07) is 0. The Morgan fingerprint density at radius 2 is 2.38 bits per heavy atom. The maximum Gasteiger partial charge on any atom is -0.00174 e. The lowest BCUT2D eigenvalue weighted by atomic mass is 9.94. The first kappa shape index (κ1) is 10.5. The van der Waals surface area contributed by atoms with Gasteiger partial charge in [-0.15, -0.1) is 6.58 Å². The van der Waals surface area contributed by atoms with E-state index in [2.05, 4.69) is 24.0 Å². The maximum absolute atomic E-state index is 3.71. The van der Waals surface area contributed by atoms with Crippen molar-refractivity contribution >= 4 is 0 Å². The molecule has 1 unspecified atom stereocenters. The number of allylic oxidation sites excluding steroid dienone is 3. The van der Waals surface area contributed by atoms with Crippen LogP contribution in [0.1, 0.15) is 32.1 Å². The molecule has 74 valence electrons. The molecule has 0 heterocycles. The fourth-order valence-electron chi connectivity index (χ4n) is 1.72. The van der Waals surface area contributed by atoms with Gasteiger partial charge in [-0.3, -0.25) is 0 Å². The average Bonchev–Trinajstić information content (AvgIpc) is 2.19. The van der Waals surface area contributed by atoms with Crippen LogP contribution in [0.5, 0.6) is 0 Å². The Balaban J connectivity index is 1.93. The monoisotopic (exact) mass is 179 g/mol. The lowest BCUT2D eigenvalue weighted by Gasteiger charge is -2.17. The summed E-state index contributed by atoms with van der Waals surface area (Å²) >= 11 is 0. The Labute approximate surface area is 81.9 Å². The summed E-state index contributed by atoms with van der Waals surface area (Å²) in [6.07, 6.45) is 12.9. The molecule has 0 aromatic heterocycles. The first-order valence-corrected chi connectivity index (χ1v) is 5.40. The van der Waals surface area contributed by atoms with Crippen LogP contribution in [0, 0.1) is 5.92 Å². The normalized spacial score (nSPS) is 21.7. The first-order valence-electron chi connectivity index (χ1n) is 5.40. The van der Waals surface area contributed by atoms with Gasteiger partial charge in [-0.1, -0.05) is 18.2 Å². The molecule has 0 aromatic carbocycles. The highest BCUT2D eigenvalue weighted by Crippen LogP contribution is 2.16. The van der Waals surface area contributed by atoms with Crippen LogP contribution in [0.25, 0.3) is 0 Å². The zero-order chi connectivity index (χ0) is 9.36. The number of nitrogens with one attached hydrogen (secondary N) is 1. The van der Waals surface area contributed by atoms with Crippen LogP contribution < -0.4 is 5.32 Å². The number of unbranched alkanes of at least 4 members (excludes halogenated alkanes) is 1. The zero-order valence-corrected chi connectivity index (χ0v) is 8.47. The Morgan fingerprint density at radius 1 is 1.46 bits per heavy atom. The van der Waals surface area contributed by atoms with Crippen LogP contribution in [0.2, 0.25) is 0 Å². The van der Waals surface area contributed by atoms with E-state index in [9.17, 15) is 0 Å². The van der Waals surface area contributed by atoms with Crippen LogP contribution in [0.15, 0.2) is 24.8 Å². The molecular weight excluding hydrogens is 158 g/mol. The smallest absolute Gasteiger partial charge is 0.00174 e. The number of hydrogen-bond acceptors (Lipinski definition) is 1. The van der Waals surface area contributed by atoms with Crippen LogP contribution in [0.4, 0.5) is 0 Å². The molecule has 0 saturated carbocycles. The molecule has 1 N–H and O–H groups in total. The summed E-state index contributed by atoms with van der Waals surface area (Å²) in [5, 5.41) is 3.51. The van der Waals surface area contributed by atoms with Gasteiger partial charge < -0.3 is 5.32 Å². The van der Waals surface area contributed by atoms with Gasteiger partial charge in [0.15, 0.2) is 0 Å². The standard InChI is InChI=1S/C12H21N/c1-2-3-7-10-13-11-12-8-5-4-6-9-12/h2,4-5,12-13H,1,3,6-11H2. The maximum atomic E-state index is 3.71. The summed E-state index contributed by atoms with van der Waals surface area (Å²) in [5.41, 5.74) is 0. The Hall–Kier alpha value is -0.560. The van der Waals surface area contributed by atoms with Gasteiger partial charge in [0, 0.05) is 0 Å². The summed E-state index contributed by atoms with van der Waals surface area (Å²) in [4.78, 5) is 0. The second-order valence-corrected chi connectivity index (χ2v) is 3.79. The van der Waals surface area contributed by atoms with Crippen LogP contribution >= 0.6 is 0 Å². The molecule has 0 fully saturated rings. The van der Waals surface area contributed by atoms with Gasteiger partial charge in [0.25, 0.3) is 0 Å². The van der Waals surface area contributed by atoms with Crippen molar-refractivity contribution in [3.8, 4) is 0 Å². The quantitative estimate of drug-likeness (QED) is 0.488. The van der Waals surface area contributed by atoms with Gasteiger partial charge in [0.2, 0.25) is 0 Å². The predicted octanol–water partition coefficient (Wildman–Crippen LogP) is 2.90. The fraction of sp³-hybridized carbons (Fsp3) is 0.667. The molecule has 1 nitrogen and oxygen atoms in total. The first-order chi connectivity index (χ1) is 6.43. The molecule has 0 aliphatic heterocycles. The third kappa shape index (κ3) is 4.89. The SMILES string of the molecule is C=CCCCNCC1CC=CCC1. The highest BCUT2D eigenvalue weighted by atomic mass is 14.8. The third-order valence-corrected chi connectivity index (χ3v) is 2.57. The van der Waals surface area contributed by atoms with E-state index >= 15 is 0 Å². The van der Waals surface area contributed by atoms with E-state index in [1.807, 2.05) is 6.08 Å². The topological polar surface area (TPSA) is 12.0 Å². The van der Waals surface area contributed by atoms with Gasteiger partial charge in [-0.2, -0.15) is 0 Å². The molecule has 0 aromatic rings. The highest BCUT2D eigenvalue weighted by Gasteiger charge is 2.07. The van der Waals surface area contributed by atoms with E-state index in [4.69, 9.17) is 0 Å². The van der Waals surface area contributed by atoms with E-state index in [-0.39, 0.29) is 0 Å². The van der Waals surface area contributed by atoms with E-state index < -0.39 is 0 Å². The largest absolute Gasteiger partial charge is 0.316 e. The van der Waals surface area contributed by atoms with Crippen molar-refractivity contribution in [1.82, 2.24) is 5.32 Å². The molecule has 0 bridgehead atoms. The molecule has 0 amide bonds. The highest BCUT2D eigenvalue weighted by molar-refractivity contribution is 4.90. The van der Waals surface area contributed by atoms with Gasteiger partial charge in [0.05, 0.1) is 0 Å². The van der Waals surface area contributed by atoms with E-state index in [0.717, 1.165) is 18.9 Å². The minimum Gasteiger partial charge on any atom is -0.316 e. The van der Waals surface area contributed by atoms with E-state index in [0.29, 0.717) is 0 Å². The van der Waals surface area contributed by atoms with Gasteiger partial charge >= 0.3 is 0 Å². The van der Waals surface area contributed by atoms with E-state index in [1.54, 1.807) is 0 Å². The van der Waals surface area contributed by atoms with Gasteiger partial charge in [0.1, 0.15) is 0 Å². The lowest BCUT2D eigenvalue weighted by molar-refractivity contribution is 0.439. The number of rotatable bonds is 6. The van der Waals surface area contributed by atoms with Crippen molar-refractivity contribution < 1.29 is 0 Å². The van der Waals surface area contributed by atoms with Crippen molar-refractivity contribution in [3.05, 3.63) is 24.8 Å².